The van der Waals surface area contributed by atoms with Crippen LogP contribution in [0.4, 0.5) is 11.4 Å². The number of halogens is 3. The molecule has 0 saturated carbocycles. The fourth-order valence-electron chi connectivity index (χ4n) is 5.14. The normalized spacial score (nSPS) is 15.0. The van der Waals surface area contributed by atoms with Gasteiger partial charge in [0.15, 0.2) is 0 Å². The summed E-state index contributed by atoms with van der Waals surface area (Å²) in [6.45, 7) is 8.10. The van der Waals surface area contributed by atoms with Gasteiger partial charge in [0.1, 0.15) is 11.7 Å². The van der Waals surface area contributed by atoms with Crippen LogP contribution in [0.15, 0.2) is 67.3 Å². The number of aromatic nitrogens is 2. The first-order valence-electron chi connectivity index (χ1n) is 14.0. The highest BCUT2D eigenvalue weighted by Crippen LogP contribution is 2.38. The number of amides is 2. The van der Waals surface area contributed by atoms with Crippen molar-refractivity contribution >= 4 is 60.4 Å². The lowest BCUT2D eigenvalue weighted by Crippen LogP contribution is -2.41. The fourth-order valence-corrected chi connectivity index (χ4v) is 5.14. The van der Waals surface area contributed by atoms with Crippen molar-refractivity contribution in [2.24, 2.45) is 5.92 Å². The zero-order chi connectivity index (χ0) is 27.6. The molecule has 8 nitrogen and oxygen atoms in total. The Balaban J connectivity index is 0.00000294. The topological polar surface area (TPSA) is 87.7 Å². The van der Waals surface area contributed by atoms with Crippen molar-refractivity contribution in [3.63, 3.8) is 0 Å². The molecule has 3 aromatic rings. The Morgan fingerprint density at radius 2 is 1.57 bits per heavy atom. The van der Waals surface area contributed by atoms with E-state index in [1.54, 1.807) is 16.0 Å². The van der Waals surface area contributed by atoms with E-state index in [2.05, 4.69) is 33.5 Å². The van der Waals surface area contributed by atoms with Crippen molar-refractivity contribution in [3.8, 4) is 5.75 Å². The van der Waals surface area contributed by atoms with Gasteiger partial charge in [0.05, 0.1) is 18.0 Å². The predicted octanol–water partition coefficient (Wildman–Crippen LogP) is 6.22. The third kappa shape index (κ3) is 9.04. The van der Waals surface area contributed by atoms with Gasteiger partial charge < -0.3 is 19.9 Å². The van der Waals surface area contributed by atoms with Crippen molar-refractivity contribution in [1.29, 1.82) is 0 Å². The van der Waals surface area contributed by atoms with Crippen LogP contribution < -0.4 is 19.9 Å². The zero-order valence-corrected chi connectivity index (χ0v) is 26.9. The number of hydrogen-bond donors (Lipinski definition) is 1. The second kappa shape index (κ2) is 18.6. The Kier molecular flexibility index (Phi) is 16.4. The monoisotopic (exact) mass is 637 g/mol. The average molecular weight is 639 g/mol. The SMILES string of the molecule is CCC1C(=O)N(CC)c2ccc(OCCCNC(CCc3cccnc3)c3ccncc3)cc2N(CC)C1=O.Cl.Cl.Cl. The van der Waals surface area contributed by atoms with Crippen LogP contribution >= 0.6 is 37.2 Å². The summed E-state index contributed by atoms with van der Waals surface area (Å²) >= 11 is 0. The Labute approximate surface area is 267 Å². The number of nitrogens with zero attached hydrogens (tertiary/aromatic N) is 4. The number of carbonyl (C=O) groups excluding carboxylic acids is 2. The molecule has 0 saturated heterocycles. The van der Waals surface area contributed by atoms with Crippen LogP contribution in [0.2, 0.25) is 0 Å². The van der Waals surface area contributed by atoms with Gasteiger partial charge in [0.2, 0.25) is 11.8 Å². The maximum Gasteiger partial charge on any atom is 0.239 e. The number of ether oxygens (including phenoxy) is 1. The van der Waals surface area contributed by atoms with Gasteiger partial charge in [-0.15, -0.1) is 37.2 Å². The first-order valence-corrected chi connectivity index (χ1v) is 14.0. The molecular weight excluding hydrogens is 597 g/mol. The van der Waals surface area contributed by atoms with Gasteiger partial charge in [-0.05, 0) is 87.5 Å². The summed E-state index contributed by atoms with van der Waals surface area (Å²) in [5, 5.41) is 3.68. The molecule has 0 radical (unpaired) electrons. The average Bonchev–Trinajstić information content (AvgIpc) is 3.05. The van der Waals surface area contributed by atoms with Crippen LogP contribution in [-0.2, 0) is 16.0 Å². The lowest BCUT2D eigenvalue weighted by molar-refractivity contribution is -0.132. The van der Waals surface area contributed by atoms with E-state index in [9.17, 15) is 9.59 Å². The lowest BCUT2D eigenvalue weighted by Gasteiger charge is -2.24. The van der Waals surface area contributed by atoms with E-state index in [-0.39, 0.29) is 55.1 Å². The fraction of sp³-hybridized carbons (Fsp3) is 0.419. The smallest absolute Gasteiger partial charge is 0.239 e. The van der Waals surface area contributed by atoms with Crippen molar-refractivity contribution in [1.82, 2.24) is 15.3 Å². The molecular formula is C31H42Cl3N5O3. The molecule has 0 bridgehead atoms. The summed E-state index contributed by atoms with van der Waals surface area (Å²) in [6, 6.07) is 14.1. The van der Waals surface area contributed by atoms with Gasteiger partial charge in [0, 0.05) is 50.0 Å². The summed E-state index contributed by atoms with van der Waals surface area (Å²) in [4.78, 5) is 38.1. The van der Waals surface area contributed by atoms with Gasteiger partial charge in [-0.3, -0.25) is 19.6 Å². The van der Waals surface area contributed by atoms with Crippen LogP contribution in [0.5, 0.6) is 5.75 Å². The maximum absolute atomic E-state index is 13.2. The molecule has 42 heavy (non-hydrogen) atoms. The molecule has 230 valence electrons. The Morgan fingerprint density at radius 3 is 2.19 bits per heavy atom. The molecule has 0 fully saturated rings. The maximum atomic E-state index is 13.2. The van der Waals surface area contributed by atoms with Crippen LogP contribution in [-0.4, -0.2) is 48.0 Å². The van der Waals surface area contributed by atoms with E-state index >= 15 is 0 Å². The minimum absolute atomic E-state index is 0. The molecule has 1 aliphatic rings. The first-order chi connectivity index (χ1) is 19.1. The standard InChI is InChI=1S/C31H39N5O3.3ClH/c1-4-26-30(37)35(5-2)28-13-11-25(21-29(28)36(6-3)31(26)38)39-20-8-17-34-27(24-14-18-32-19-15-24)12-10-23-9-7-16-33-22-23;;;/h7,9,11,13-16,18-19,21-22,26-27,34H,4-6,8,10,12,17,20H2,1-3H3;3*1H. The molecule has 1 aromatic carbocycles. The molecule has 0 aliphatic carbocycles. The van der Waals surface area contributed by atoms with E-state index in [4.69, 9.17) is 4.74 Å². The van der Waals surface area contributed by atoms with Crippen molar-refractivity contribution < 1.29 is 14.3 Å². The third-order valence-electron chi connectivity index (χ3n) is 7.23. The molecule has 2 aromatic heterocycles. The van der Waals surface area contributed by atoms with E-state index in [1.165, 1.54) is 11.1 Å². The van der Waals surface area contributed by atoms with Crippen molar-refractivity contribution in [2.75, 3.05) is 36.0 Å². The van der Waals surface area contributed by atoms with Gasteiger partial charge in [0.25, 0.3) is 0 Å². The number of hydrogen-bond acceptors (Lipinski definition) is 6. The van der Waals surface area contributed by atoms with Gasteiger partial charge in [-0.25, -0.2) is 0 Å². The highest BCUT2D eigenvalue weighted by atomic mass is 35.5. The zero-order valence-electron chi connectivity index (χ0n) is 24.4. The number of anilines is 2. The molecule has 3 heterocycles. The number of pyridine rings is 2. The van der Waals surface area contributed by atoms with Gasteiger partial charge in [-0.2, -0.15) is 0 Å². The molecule has 2 amide bonds. The number of aryl methyl sites for hydroxylation is 1. The van der Waals surface area contributed by atoms with E-state index < -0.39 is 5.92 Å². The summed E-state index contributed by atoms with van der Waals surface area (Å²) < 4.78 is 6.11. The molecule has 1 N–H and O–H groups in total. The van der Waals surface area contributed by atoms with Crippen molar-refractivity contribution in [3.05, 3.63) is 78.4 Å². The van der Waals surface area contributed by atoms with Crippen molar-refractivity contribution in [2.45, 2.75) is 52.5 Å². The van der Waals surface area contributed by atoms with E-state index in [1.807, 2.05) is 63.6 Å². The first kappa shape index (κ1) is 37.1. The second-order valence-corrected chi connectivity index (χ2v) is 9.67. The van der Waals surface area contributed by atoms with Crippen LogP contribution in [0.3, 0.4) is 0 Å². The van der Waals surface area contributed by atoms with Crippen LogP contribution in [0.25, 0.3) is 0 Å². The molecule has 0 spiro atoms. The predicted molar refractivity (Wildman–Crippen MR) is 176 cm³/mol. The number of nitrogens with one attached hydrogen (secondary N) is 1. The highest BCUT2D eigenvalue weighted by molar-refractivity contribution is 6.17. The number of benzene rings is 1. The second-order valence-electron chi connectivity index (χ2n) is 9.67. The van der Waals surface area contributed by atoms with E-state index in [0.717, 1.165) is 37.2 Å². The molecule has 11 heteroatoms. The molecule has 2 unspecified atom stereocenters. The molecule has 1 aliphatic heterocycles. The van der Waals surface area contributed by atoms with Gasteiger partial charge >= 0.3 is 0 Å². The number of carbonyl (C=O) groups is 2. The number of rotatable bonds is 13. The third-order valence-corrected chi connectivity index (χ3v) is 7.23. The quantitative estimate of drug-likeness (QED) is 0.177. The molecule has 4 rings (SSSR count). The molecule has 2 atom stereocenters. The summed E-state index contributed by atoms with van der Waals surface area (Å²) in [6.07, 6.45) is 10.6. The van der Waals surface area contributed by atoms with E-state index in [0.29, 0.717) is 31.9 Å². The Morgan fingerprint density at radius 1 is 0.881 bits per heavy atom. The number of fused-ring (bicyclic) bond motifs is 1. The lowest BCUT2D eigenvalue weighted by atomic mass is 10.0. The Hall–Kier alpha value is -2.91. The van der Waals surface area contributed by atoms with Crippen LogP contribution in [0, 0.1) is 5.92 Å². The van der Waals surface area contributed by atoms with Crippen LogP contribution in [0.1, 0.15) is 57.2 Å². The Bertz CT molecular complexity index is 1240. The highest BCUT2D eigenvalue weighted by Gasteiger charge is 2.38. The largest absolute Gasteiger partial charge is 0.493 e. The minimum atomic E-state index is -0.653. The summed E-state index contributed by atoms with van der Waals surface area (Å²) in [5.74, 6) is -0.230. The minimum Gasteiger partial charge on any atom is -0.493 e. The van der Waals surface area contributed by atoms with Gasteiger partial charge in [-0.1, -0.05) is 13.0 Å². The summed E-state index contributed by atoms with van der Waals surface area (Å²) in [5.41, 5.74) is 3.93. The summed E-state index contributed by atoms with van der Waals surface area (Å²) in [7, 11) is 0.